The molecule has 0 aliphatic carbocycles. The second-order valence-corrected chi connectivity index (χ2v) is 4.99. The van der Waals surface area contributed by atoms with Crippen molar-refractivity contribution in [3.63, 3.8) is 0 Å². The molecule has 1 amide bonds. The molecule has 0 aliphatic rings. The lowest BCUT2D eigenvalue weighted by atomic mass is 9.93. The van der Waals surface area contributed by atoms with Crippen LogP contribution >= 0.6 is 0 Å². The molecule has 0 unspecified atom stereocenters. The molecule has 2 aromatic rings. The largest absolute Gasteiger partial charge is 0.507 e. The Morgan fingerprint density at radius 1 is 1.38 bits per heavy atom. The summed E-state index contributed by atoms with van der Waals surface area (Å²) in [5.74, 6) is -1.74. The van der Waals surface area contributed by atoms with E-state index in [1.54, 1.807) is 6.92 Å². The molecule has 0 saturated heterocycles. The second kappa shape index (κ2) is 6.79. The van der Waals surface area contributed by atoms with Crippen molar-refractivity contribution < 1.29 is 14.3 Å². The van der Waals surface area contributed by atoms with E-state index in [0.29, 0.717) is 11.1 Å². The number of guanidine groups is 1. The molecule has 0 aliphatic heterocycles. The highest BCUT2D eigenvalue weighted by Crippen LogP contribution is 2.40. The van der Waals surface area contributed by atoms with Crippen LogP contribution in [0.15, 0.2) is 35.3 Å². The molecule has 0 heterocycles. The quantitative estimate of drug-likeness (QED) is 0.450. The fraction of sp³-hybridized carbons (Fsp3) is 0.118. The molecular weight excluding hydrogens is 311 g/mol. The fourth-order valence-corrected chi connectivity index (χ4v) is 2.27. The average molecular weight is 326 g/mol. The molecule has 0 bridgehead atoms. The minimum Gasteiger partial charge on any atom is -0.507 e. The Morgan fingerprint density at radius 3 is 2.71 bits per heavy atom. The van der Waals surface area contributed by atoms with Crippen molar-refractivity contribution in [2.24, 2.45) is 10.7 Å². The van der Waals surface area contributed by atoms with Crippen LogP contribution in [0.4, 0.5) is 10.1 Å². The number of phenols is 1. The number of carbonyl (C=O) groups excluding carboxylic acids is 1. The highest BCUT2D eigenvalue weighted by molar-refractivity contribution is 6.12. The molecule has 6 nitrogen and oxygen atoms in total. The first-order valence-corrected chi connectivity index (χ1v) is 6.92. The number of amides is 1. The number of nitrogens with zero attached hydrogens (tertiary/aromatic N) is 2. The Labute approximate surface area is 138 Å². The summed E-state index contributed by atoms with van der Waals surface area (Å²) in [7, 11) is 1.39. The summed E-state index contributed by atoms with van der Waals surface area (Å²) in [6, 6.07) is 6.63. The maximum absolute atomic E-state index is 13.7. The molecule has 0 saturated carbocycles. The standard InChI is InChI=1S/C17H15FN4O2/c1-9-4-5-10(18)8-11(9)14-12(20-2)6-7-13(23)15(14)16(24)22-17(19)21-3/h4-8,23H,1,3H3,(H3,19,21,22,24). The molecule has 0 fully saturated rings. The summed E-state index contributed by atoms with van der Waals surface area (Å²) in [6.07, 6.45) is 0. The van der Waals surface area contributed by atoms with Crippen LogP contribution in [-0.2, 0) is 0 Å². The van der Waals surface area contributed by atoms with Gasteiger partial charge in [-0.15, -0.1) is 0 Å². The van der Waals surface area contributed by atoms with Gasteiger partial charge in [0.15, 0.2) is 11.6 Å². The Balaban J connectivity index is 2.78. The first kappa shape index (κ1) is 17.0. The fourth-order valence-electron chi connectivity index (χ4n) is 2.27. The highest BCUT2D eigenvalue weighted by atomic mass is 19.1. The van der Waals surface area contributed by atoms with Gasteiger partial charge >= 0.3 is 0 Å². The van der Waals surface area contributed by atoms with Gasteiger partial charge in [0.2, 0.25) is 0 Å². The zero-order chi connectivity index (χ0) is 17.9. The molecule has 0 radical (unpaired) electrons. The van der Waals surface area contributed by atoms with E-state index in [9.17, 15) is 14.3 Å². The van der Waals surface area contributed by atoms with Gasteiger partial charge < -0.3 is 10.8 Å². The molecule has 2 rings (SSSR count). The van der Waals surface area contributed by atoms with Crippen LogP contribution in [0.1, 0.15) is 15.9 Å². The molecule has 0 spiro atoms. The van der Waals surface area contributed by atoms with Crippen LogP contribution in [0, 0.1) is 19.3 Å². The van der Waals surface area contributed by atoms with Crippen LogP contribution in [-0.4, -0.2) is 24.0 Å². The van der Waals surface area contributed by atoms with Gasteiger partial charge in [-0.2, -0.15) is 0 Å². The molecule has 7 heteroatoms. The van der Waals surface area contributed by atoms with Crippen molar-refractivity contribution >= 4 is 17.6 Å². The number of benzene rings is 2. The molecule has 122 valence electrons. The lowest BCUT2D eigenvalue weighted by Crippen LogP contribution is -2.36. The van der Waals surface area contributed by atoms with Gasteiger partial charge in [-0.05, 0) is 36.2 Å². The SMILES string of the molecule is [C-]#[N+]c1ccc(O)c(C(=O)NC(N)=NC)c1-c1cc(F)ccc1C. The van der Waals surface area contributed by atoms with E-state index in [2.05, 4.69) is 15.2 Å². The predicted octanol–water partition coefficient (Wildman–Crippen LogP) is 2.73. The van der Waals surface area contributed by atoms with E-state index in [-0.39, 0.29) is 28.5 Å². The van der Waals surface area contributed by atoms with Crippen molar-refractivity contribution in [3.8, 4) is 16.9 Å². The van der Waals surface area contributed by atoms with Gasteiger partial charge in [-0.3, -0.25) is 15.1 Å². The summed E-state index contributed by atoms with van der Waals surface area (Å²) >= 11 is 0. The third-order valence-corrected chi connectivity index (χ3v) is 3.46. The zero-order valence-corrected chi connectivity index (χ0v) is 13.1. The highest BCUT2D eigenvalue weighted by Gasteiger charge is 2.23. The number of nitrogens with one attached hydrogen (secondary N) is 1. The minimum absolute atomic E-state index is 0.110. The van der Waals surface area contributed by atoms with Crippen molar-refractivity contribution in [2.45, 2.75) is 6.92 Å². The minimum atomic E-state index is -0.736. The number of aliphatic imine (C=N–C) groups is 1. The monoisotopic (exact) mass is 326 g/mol. The lowest BCUT2D eigenvalue weighted by Gasteiger charge is -2.15. The normalized spacial score (nSPS) is 11.0. The Kier molecular flexibility index (Phi) is 4.80. The number of rotatable bonds is 2. The number of halogens is 1. The third kappa shape index (κ3) is 3.17. The molecule has 0 atom stereocenters. The van der Waals surface area contributed by atoms with Crippen molar-refractivity contribution in [1.29, 1.82) is 0 Å². The van der Waals surface area contributed by atoms with Crippen LogP contribution in [0.2, 0.25) is 0 Å². The van der Waals surface area contributed by atoms with E-state index in [4.69, 9.17) is 12.3 Å². The maximum atomic E-state index is 13.7. The van der Waals surface area contributed by atoms with Gasteiger partial charge in [-0.25, -0.2) is 9.24 Å². The van der Waals surface area contributed by atoms with Crippen LogP contribution < -0.4 is 11.1 Å². The Morgan fingerprint density at radius 2 is 2.08 bits per heavy atom. The summed E-state index contributed by atoms with van der Waals surface area (Å²) in [5, 5.41) is 12.5. The lowest BCUT2D eigenvalue weighted by molar-refractivity contribution is 0.0974. The van der Waals surface area contributed by atoms with E-state index in [1.165, 1.54) is 37.4 Å². The number of aromatic hydroxyl groups is 1. The Bertz CT molecular complexity index is 885. The van der Waals surface area contributed by atoms with E-state index in [0.717, 1.165) is 0 Å². The molecular formula is C17H15FN4O2. The summed E-state index contributed by atoms with van der Waals surface area (Å²) in [4.78, 5) is 19.5. The van der Waals surface area contributed by atoms with Gasteiger partial charge in [0, 0.05) is 12.6 Å². The first-order valence-electron chi connectivity index (χ1n) is 6.92. The van der Waals surface area contributed by atoms with E-state index in [1.807, 2.05) is 0 Å². The van der Waals surface area contributed by atoms with Crippen molar-refractivity contribution in [1.82, 2.24) is 5.32 Å². The van der Waals surface area contributed by atoms with E-state index < -0.39 is 11.7 Å². The number of nitrogens with two attached hydrogens (primary N) is 1. The van der Waals surface area contributed by atoms with Crippen LogP contribution in [0.3, 0.4) is 0 Å². The first-order chi connectivity index (χ1) is 11.4. The van der Waals surface area contributed by atoms with Crippen LogP contribution in [0.5, 0.6) is 5.75 Å². The predicted molar refractivity (Wildman–Crippen MR) is 89.5 cm³/mol. The topological polar surface area (TPSA) is 92.1 Å². The number of hydrogen-bond donors (Lipinski definition) is 3. The number of carbonyl (C=O) groups is 1. The third-order valence-electron chi connectivity index (χ3n) is 3.46. The van der Waals surface area contributed by atoms with Gasteiger partial charge in [0.1, 0.15) is 11.6 Å². The van der Waals surface area contributed by atoms with Gasteiger partial charge in [0.05, 0.1) is 12.1 Å². The van der Waals surface area contributed by atoms with Crippen molar-refractivity contribution in [2.75, 3.05) is 7.05 Å². The second-order valence-electron chi connectivity index (χ2n) is 4.99. The summed E-state index contributed by atoms with van der Waals surface area (Å²) < 4.78 is 13.7. The average Bonchev–Trinajstić information content (AvgIpc) is 2.56. The molecule has 2 aromatic carbocycles. The summed E-state index contributed by atoms with van der Waals surface area (Å²) in [6.45, 7) is 9.03. The number of phenolic OH excluding ortho intramolecular Hbond substituents is 1. The van der Waals surface area contributed by atoms with Crippen molar-refractivity contribution in [3.05, 3.63) is 58.7 Å². The summed E-state index contributed by atoms with van der Waals surface area (Å²) in [5.41, 5.74) is 6.57. The number of hydrogen-bond acceptors (Lipinski definition) is 3. The smallest absolute Gasteiger partial charge is 0.261 e. The van der Waals surface area contributed by atoms with Crippen LogP contribution in [0.25, 0.3) is 16.0 Å². The van der Waals surface area contributed by atoms with Gasteiger partial charge in [-0.1, -0.05) is 12.1 Å². The van der Waals surface area contributed by atoms with Gasteiger partial charge in [0.25, 0.3) is 5.91 Å². The molecule has 24 heavy (non-hydrogen) atoms. The zero-order valence-electron chi connectivity index (χ0n) is 13.1. The maximum Gasteiger partial charge on any atom is 0.261 e. The van der Waals surface area contributed by atoms with E-state index >= 15 is 0 Å². The molecule has 4 N–H and O–H groups in total. The molecule has 0 aromatic heterocycles. The Hall–Kier alpha value is -3.40. The number of aryl methyl sites for hydroxylation is 1.